The molecule has 1 aliphatic heterocycles. The van der Waals surface area contributed by atoms with Crippen molar-refractivity contribution in [3.8, 4) is 5.75 Å². The fourth-order valence-corrected chi connectivity index (χ4v) is 3.51. The molecule has 5 nitrogen and oxygen atoms in total. The standard InChI is InChI=1S/C21H27N3O2.ClH/c1-26-20-10-3-2-7-17(20)15-21(25)24(16-18-8-4-5-13-23-18)19-9-6-12-22-14-11-19;/h2-5,7-8,10,13,19,22H,6,9,11-12,14-16H2,1H3;1H. The van der Waals surface area contributed by atoms with Crippen LogP contribution in [-0.4, -0.2) is 42.0 Å². The van der Waals surface area contributed by atoms with Gasteiger partial charge in [-0.3, -0.25) is 9.78 Å². The van der Waals surface area contributed by atoms with E-state index in [2.05, 4.69) is 10.3 Å². The van der Waals surface area contributed by atoms with Crippen LogP contribution in [0.3, 0.4) is 0 Å². The Hall–Kier alpha value is -2.11. The van der Waals surface area contributed by atoms with E-state index in [4.69, 9.17) is 4.74 Å². The number of nitrogens with one attached hydrogen (secondary N) is 1. The van der Waals surface area contributed by atoms with Crippen LogP contribution in [0.5, 0.6) is 5.75 Å². The van der Waals surface area contributed by atoms with Crippen molar-refractivity contribution in [1.82, 2.24) is 15.2 Å². The lowest BCUT2D eigenvalue weighted by Crippen LogP contribution is -2.41. The van der Waals surface area contributed by atoms with Crippen molar-refractivity contribution in [3.05, 3.63) is 59.9 Å². The number of carbonyl (C=O) groups excluding carboxylic acids is 1. The summed E-state index contributed by atoms with van der Waals surface area (Å²) in [5.74, 6) is 0.897. The number of benzene rings is 1. The van der Waals surface area contributed by atoms with E-state index >= 15 is 0 Å². The molecular weight excluding hydrogens is 362 g/mol. The van der Waals surface area contributed by atoms with Crippen LogP contribution in [0.4, 0.5) is 0 Å². The Kier molecular flexibility index (Phi) is 8.55. The van der Waals surface area contributed by atoms with Crippen molar-refractivity contribution in [1.29, 1.82) is 0 Å². The zero-order valence-corrected chi connectivity index (χ0v) is 16.6. The van der Waals surface area contributed by atoms with E-state index in [1.54, 1.807) is 13.3 Å². The van der Waals surface area contributed by atoms with Gasteiger partial charge in [-0.05, 0) is 50.6 Å². The normalized spacial score (nSPS) is 16.7. The third-order valence-corrected chi connectivity index (χ3v) is 4.90. The van der Waals surface area contributed by atoms with Gasteiger partial charge >= 0.3 is 0 Å². The molecule has 1 aromatic heterocycles. The minimum Gasteiger partial charge on any atom is -0.496 e. The first-order valence-electron chi connectivity index (χ1n) is 9.30. The van der Waals surface area contributed by atoms with Gasteiger partial charge in [-0.25, -0.2) is 0 Å². The number of aromatic nitrogens is 1. The summed E-state index contributed by atoms with van der Waals surface area (Å²) in [7, 11) is 1.64. The minimum atomic E-state index is 0. The number of rotatable bonds is 6. The highest BCUT2D eigenvalue weighted by molar-refractivity contribution is 5.85. The first kappa shape index (κ1) is 21.2. The second-order valence-corrected chi connectivity index (χ2v) is 6.67. The van der Waals surface area contributed by atoms with Gasteiger partial charge in [0, 0.05) is 17.8 Å². The van der Waals surface area contributed by atoms with E-state index in [0.717, 1.165) is 49.4 Å². The summed E-state index contributed by atoms with van der Waals surface area (Å²) in [5, 5.41) is 3.43. The van der Waals surface area contributed by atoms with Crippen molar-refractivity contribution < 1.29 is 9.53 Å². The lowest BCUT2D eigenvalue weighted by atomic mass is 10.0. The Balaban J connectivity index is 0.00000261. The van der Waals surface area contributed by atoms with E-state index in [9.17, 15) is 4.79 Å². The van der Waals surface area contributed by atoms with Crippen molar-refractivity contribution in [3.63, 3.8) is 0 Å². The maximum atomic E-state index is 13.2. The lowest BCUT2D eigenvalue weighted by molar-refractivity contribution is -0.133. The molecule has 0 saturated carbocycles. The van der Waals surface area contributed by atoms with E-state index < -0.39 is 0 Å². The number of para-hydroxylation sites is 1. The van der Waals surface area contributed by atoms with Crippen molar-refractivity contribution in [2.45, 2.75) is 38.3 Å². The van der Waals surface area contributed by atoms with Gasteiger partial charge in [0.1, 0.15) is 5.75 Å². The zero-order valence-electron chi connectivity index (χ0n) is 15.8. The SMILES string of the molecule is COc1ccccc1CC(=O)N(Cc1ccccn1)C1CCCNCC1.Cl. The van der Waals surface area contributed by atoms with Crippen LogP contribution >= 0.6 is 12.4 Å². The fraction of sp³-hybridized carbons (Fsp3) is 0.429. The summed E-state index contributed by atoms with van der Waals surface area (Å²) in [6.45, 7) is 2.53. The van der Waals surface area contributed by atoms with Crippen LogP contribution in [0.2, 0.25) is 0 Å². The lowest BCUT2D eigenvalue weighted by Gasteiger charge is -2.31. The average molecular weight is 390 g/mol. The molecule has 1 saturated heterocycles. The second-order valence-electron chi connectivity index (χ2n) is 6.67. The topological polar surface area (TPSA) is 54.5 Å². The van der Waals surface area contributed by atoms with Gasteiger partial charge in [-0.15, -0.1) is 12.4 Å². The quantitative estimate of drug-likeness (QED) is 0.824. The molecule has 2 aromatic rings. The van der Waals surface area contributed by atoms with Gasteiger partial charge in [0.25, 0.3) is 0 Å². The second kappa shape index (κ2) is 10.9. The molecule has 1 fully saturated rings. The predicted molar refractivity (Wildman–Crippen MR) is 109 cm³/mol. The molecule has 6 heteroatoms. The number of nitrogens with zero attached hydrogens (tertiary/aromatic N) is 2. The average Bonchev–Trinajstić information content (AvgIpc) is 2.96. The van der Waals surface area contributed by atoms with Gasteiger partial charge in [0.2, 0.25) is 5.91 Å². The number of hydrogen-bond acceptors (Lipinski definition) is 4. The number of ether oxygens (including phenoxy) is 1. The summed E-state index contributed by atoms with van der Waals surface area (Å²) >= 11 is 0. The number of hydrogen-bond donors (Lipinski definition) is 1. The highest BCUT2D eigenvalue weighted by atomic mass is 35.5. The van der Waals surface area contributed by atoms with Gasteiger partial charge < -0.3 is 15.0 Å². The maximum Gasteiger partial charge on any atom is 0.227 e. The Morgan fingerprint density at radius 2 is 2.00 bits per heavy atom. The summed E-state index contributed by atoms with van der Waals surface area (Å²) in [5.41, 5.74) is 1.86. The summed E-state index contributed by atoms with van der Waals surface area (Å²) in [6.07, 6.45) is 5.22. The van der Waals surface area contributed by atoms with E-state index in [1.165, 1.54) is 0 Å². The van der Waals surface area contributed by atoms with Gasteiger partial charge in [0.15, 0.2) is 0 Å². The molecular formula is C21H28ClN3O2. The third kappa shape index (κ3) is 5.94. The highest BCUT2D eigenvalue weighted by Crippen LogP contribution is 2.22. The Morgan fingerprint density at radius 1 is 1.19 bits per heavy atom. The number of halogens is 1. The Labute approximate surface area is 167 Å². The van der Waals surface area contributed by atoms with Crippen LogP contribution in [0.1, 0.15) is 30.5 Å². The molecule has 1 aliphatic rings. The monoisotopic (exact) mass is 389 g/mol. The number of amides is 1. The molecule has 0 aliphatic carbocycles. The first-order chi connectivity index (χ1) is 12.8. The molecule has 3 rings (SSSR count). The molecule has 1 unspecified atom stereocenters. The van der Waals surface area contributed by atoms with Crippen LogP contribution in [0.25, 0.3) is 0 Å². The maximum absolute atomic E-state index is 13.2. The summed E-state index contributed by atoms with van der Waals surface area (Å²) in [4.78, 5) is 19.7. The molecule has 1 aromatic carbocycles. The predicted octanol–water partition coefficient (Wildman–Crippen LogP) is 3.23. The van der Waals surface area contributed by atoms with Crippen molar-refractivity contribution in [2.75, 3.05) is 20.2 Å². The molecule has 0 bridgehead atoms. The minimum absolute atomic E-state index is 0. The smallest absolute Gasteiger partial charge is 0.227 e. The van der Waals surface area contributed by atoms with Gasteiger partial charge in [-0.1, -0.05) is 24.3 Å². The zero-order chi connectivity index (χ0) is 18.2. The van der Waals surface area contributed by atoms with Gasteiger partial charge in [0.05, 0.1) is 25.8 Å². The molecule has 0 spiro atoms. The van der Waals surface area contributed by atoms with Crippen molar-refractivity contribution >= 4 is 18.3 Å². The fourth-order valence-electron chi connectivity index (χ4n) is 3.51. The summed E-state index contributed by atoms with van der Waals surface area (Å²) < 4.78 is 5.42. The summed E-state index contributed by atoms with van der Waals surface area (Å²) in [6, 6.07) is 13.8. The largest absolute Gasteiger partial charge is 0.496 e. The van der Waals surface area contributed by atoms with Crippen LogP contribution in [0.15, 0.2) is 48.7 Å². The number of carbonyl (C=O) groups is 1. The first-order valence-corrected chi connectivity index (χ1v) is 9.30. The number of methoxy groups -OCH3 is 1. The van der Waals surface area contributed by atoms with Gasteiger partial charge in [-0.2, -0.15) is 0 Å². The van der Waals surface area contributed by atoms with Crippen LogP contribution in [-0.2, 0) is 17.8 Å². The molecule has 1 amide bonds. The Morgan fingerprint density at radius 3 is 2.78 bits per heavy atom. The number of pyridine rings is 1. The van der Waals surface area contributed by atoms with E-state index in [0.29, 0.717) is 13.0 Å². The van der Waals surface area contributed by atoms with E-state index in [1.807, 2.05) is 47.4 Å². The molecule has 27 heavy (non-hydrogen) atoms. The molecule has 0 radical (unpaired) electrons. The van der Waals surface area contributed by atoms with Crippen LogP contribution < -0.4 is 10.1 Å². The Bertz CT molecular complexity index is 704. The third-order valence-electron chi connectivity index (χ3n) is 4.90. The molecule has 1 atom stereocenters. The van der Waals surface area contributed by atoms with Crippen LogP contribution in [0, 0.1) is 0 Å². The molecule has 146 valence electrons. The van der Waals surface area contributed by atoms with Crippen molar-refractivity contribution in [2.24, 2.45) is 0 Å². The van der Waals surface area contributed by atoms with E-state index in [-0.39, 0.29) is 24.4 Å². The highest BCUT2D eigenvalue weighted by Gasteiger charge is 2.25. The molecule has 1 N–H and O–H groups in total. The molecule has 2 heterocycles.